The predicted molar refractivity (Wildman–Crippen MR) is 79.9 cm³/mol. The van der Waals surface area contributed by atoms with E-state index in [1.54, 1.807) is 10.9 Å². The Hall–Kier alpha value is -2.23. The molecule has 0 aliphatic carbocycles. The summed E-state index contributed by atoms with van der Waals surface area (Å²) >= 11 is 0. The predicted octanol–water partition coefficient (Wildman–Crippen LogP) is 3.53. The largest absolute Gasteiger partial charge is 0.266 e. The maximum Gasteiger partial charge on any atom is 0.113 e. The summed E-state index contributed by atoms with van der Waals surface area (Å²) in [6, 6.07) is 7.86. The van der Waals surface area contributed by atoms with Gasteiger partial charge in [-0.1, -0.05) is 31.2 Å². The van der Waals surface area contributed by atoms with E-state index in [0.717, 1.165) is 16.7 Å². The number of para-hydroxylation sites is 1. The lowest BCUT2D eigenvalue weighted by Gasteiger charge is -1.99. The number of nitrogens with zero attached hydrogens (tertiary/aromatic N) is 4. The van der Waals surface area contributed by atoms with Crippen LogP contribution in [0.4, 0.5) is 0 Å². The normalized spacial score (nSPS) is 13.4. The fraction of sp³-hybridized carbons (Fsp3) is 0.267. The molecule has 1 aromatic carbocycles. The van der Waals surface area contributed by atoms with Crippen LogP contribution in [-0.2, 0) is 0 Å². The maximum atomic E-state index is 4.34. The Bertz CT molecular complexity index is 632. The SMILES string of the molecule is CC(=N/C=C\C=C/n1nnc2ccccc21)C(C)C. The van der Waals surface area contributed by atoms with Gasteiger partial charge < -0.3 is 0 Å². The summed E-state index contributed by atoms with van der Waals surface area (Å²) in [5.74, 6) is 0.480. The summed E-state index contributed by atoms with van der Waals surface area (Å²) in [6.07, 6.45) is 7.46. The molecule has 0 N–H and O–H groups in total. The van der Waals surface area contributed by atoms with Crippen LogP contribution in [0.15, 0.2) is 47.6 Å². The van der Waals surface area contributed by atoms with Gasteiger partial charge in [0, 0.05) is 18.1 Å². The molecule has 2 rings (SSSR count). The second-order valence-corrected chi connectivity index (χ2v) is 4.63. The molecule has 1 aromatic heterocycles. The molecule has 4 heteroatoms. The number of fused-ring (bicyclic) bond motifs is 1. The zero-order valence-corrected chi connectivity index (χ0v) is 11.5. The molecule has 0 bridgehead atoms. The molecule has 0 atom stereocenters. The van der Waals surface area contributed by atoms with Gasteiger partial charge in [0.1, 0.15) is 5.52 Å². The zero-order valence-electron chi connectivity index (χ0n) is 11.5. The van der Waals surface area contributed by atoms with Gasteiger partial charge in [-0.15, -0.1) is 5.10 Å². The second kappa shape index (κ2) is 6.09. The van der Waals surface area contributed by atoms with Crippen LogP contribution >= 0.6 is 0 Å². The van der Waals surface area contributed by atoms with Crippen molar-refractivity contribution in [1.29, 1.82) is 0 Å². The van der Waals surface area contributed by atoms with Gasteiger partial charge >= 0.3 is 0 Å². The van der Waals surface area contributed by atoms with E-state index in [4.69, 9.17) is 0 Å². The standard InChI is InChI=1S/C15H18N4/c1-12(2)13(3)16-10-6-7-11-19-15-9-5-4-8-14(15)17-18-19/h4-12H,1-3H3/b10-6-,11-7-,16-13?. The van der Waals surface area contributed by atoms with Crippen LogP contribution in [0.5, 0.6) is 0 Å². The van der Waals surface area contributed by atoms with Crippen molar-refractivity contribution in [3.8, 4) is 0 Å². The third-order valence-electron chi connectivity index (χ3n) is 2.92. The van der Waals surface area contributed by atoms with Crippen molar-refractivity contribution in [2.75, 3.05) is 0 Å². The van der Waals surface area contributed by atoms with Gasteiger partial charge in [0.05, 0.1) is 5.52 Å². The van der Waals surface area contributed by atoms with Crippen molar-refractivity contribution in [1.82, 2.24) is 15.0 Å². The van der Waals surface area contributed by atoms with E-state index in [1.807, 2.05) is 49.5 Å². The van der Waals surface area contributed by atoms with E-state index in [9.17, 15) is 0 Å². The molecule has 0 amide bonds. The molecule has 0 saturated heterocycles. The number of hydrogen-bond acceptors (Lipinski definition) is 3. The lowest BCUT2D eigenvalue weighted by molar-refractivity contribution is 0.861. The van der Waals surface area contributed by atoms with Gasteiger partial charge in [-0.2, -0.15) is 0 Å². The van der Waals surface area contributed by atoms with E-state index < -0.39 is 0 Å². The van der Waals surface area contributed by atoms with Gasteiger partial charge in [-0.25, -0.2) is 4.68 Å². The van der Waals surface area contributed by atoms with Crippen LogP contribution in [0.3, 0.4) is 0 Å². The first-order valence-corrected chi connectivity index (χ1v) is 6.36. The van der Waals surface area contributed by atoms with Crippen LogP contribution in [-0.4, -0.2) is 20.7 Å². The first-order valence-electron chi connectivity index (χ1n) is 6.36. The second-order valence-electron chi connectivity index (χ2n) is 4.63. The molecule has 0 aliphatic rings. The third-order valence-corrected chi connectivity index (χ3v) is 2.92. The number of aliphatic imine (C=N–C) groups is 1. The highest BCUT2D eigenvalue weighted by Crippen LogP contribution is 2.09. The Morgan fingerprint density at radius 2 is 2.05 bits per heavy atom. The van der Waals surface area contributed by atoms with Crippen LogP contribution in [0.2, 0.25) is 0 Å². The quantitative estimate of drug-likeness (QED) is 0.618. The summed E-state index contributed by atoms with van der Waals surface area (Å²) in [5, 5.41) is 8.15. The molecular formula is C15H18N4. The molecule has 2 aromatic rings. The zero-order chi connectivity index (χ0) is 13.7. The third kappa shape index (κ3) is 3.37. The summed E-state index contributed by atoms with van der Waals surface area (Å²) in [6.45, 7) is 6.29. The van der Waals surface area contributed by atoms with Crippen LogP contribution in [0.25, 0.3) is 17.2 Å². The summed E-state index contributed by atoms with van der Waals surface area (Å²) in [4.78, 5) is 4.34. The minimum Gasteiger partial charge on any atom is -0.266 e. The lowest BCUT2D eigenvalue weighted by atomic mass is 10.1. The molecule has 0 spiro atoms. The van der Waals surface area contributed by atoms with Gasteiger partial charge in [-0.05, 0) is 37.1 Å². The number of allylic oxidation sites excluding steroid dienone is 2. The molecule has 1 heterocycles. The van der Waals surface area contributed by atoms with Crippen molar-refractivity contribution in [2.24, 2.45) is 10.9 Å². The van der Waals surface area contributed by atoms with Crippen LogP contribution < -0.4 is 0 Å². The van der Waals surface area contributed by atoms with Gasteiger partial charge in [-0.3, -0.25) is 4.99 Å². The molecule has 0 aliphatic heterocycles. The Balaban J connectivity index is 2.07. The van der Waals surface area contributed by atoms with Crippen molar-refractivity contribution in [2.45, 2.75) is 20.8 Å². The monoisotopic (exact) mass is 254 g/mol. The van der Waals surface area contributed by atoms with Crippen LogP contribution in [0, 0.1) is 5.92 Å². The molecule has 0 saturated carbocycles. The average molecular weight is 254 g/mol. The Kier molecular flexibility index (Phi) is 4.23. The Labute approximate surface area is 113 Å². The van der Waals surface area contributed by atoms with E-state index in [2.05, 4.69) is 29.2 Å². The molecule has 98 valence electrons. The molecular weight excluding hydrogens is 236 g/mol. The molecule has 19 heavy (non-hydrogen) atoms. The highest BCUT2D eigenvalue weighted by atomic mass is 15.4. The van der Waals surface area contributed by atoms with Gasteiger partial charge in [0.25, 0.3) is 0 Å². The first-order chi connectivity index (χ1) is 9.18. The van der Waals surface area contributed by atoms with E-state index in [1.165, 1.54) is 0 Å². The fourth-order valence-corrected chi connectivity index (χ4v) is 1.49. The minimum absolute atomic E-state index is 0.480. The minimum atomic E-state index is 0.480. The van der Waals surface area contributed by atoms with Crippen molar-refractivity contribution in [3.05, 3.63) is 42.6 Å². The first kappa shape index (κ1) is 13.2. The lowest BCUT2D eigenvalue weighted by Crippen LogP contribution is -1.99. The molecule has 0 fully saturated rings. The summed E-state index contributed by atoms with van der Waals surface area (Å²) in [7, 11) is 0. The van der Waals surface area contributed by atoms with Crippen molar-refractivity contribution < 1.29 is 0 Å². The number of aromatic nitrogens is 3. The highest BCUT2D eigenvalue weighted by molar-refractivity contribution is 5.84. The molecule has 0 radical (unpaired) electrons. The van der Waals surface area contributed by atoms with Gasteiger partial charge in [0.15, 0.2) is 0 Å². The van der Waals surface area contributed by atoms with E-state index in [-0.39, 0.29) is 0 Å². The van der Waals surface area contributed by atoms with Crippen molar-refractivity contribution in [3.63, 3.8) is 0 Å². The Morgan fingerprint density at radius 3 is 2.84 bits per heavy atom. The summed E-state index contributed by atoms with van der Waals surface area (Å²) < 4.78 is 1.75. The fourth-order valence-electron chi connectivity index (χ4n) is 1.49. The number of benzene rings is 1. The Morgan fingerprint density at radius 1 is 1.26 bits per heavy atom. The average Bonchev–Trinajstić information content (AvgIpc) is 2.81. The smallest absolute Gasteiger partial charge is 0.113 e. The molecule has 0 unspecified atom stereocenters. The van der Waals surface area contributed by atoms with E-state index >= 15 is 0 Å². The highest BCUT2D eigenvalue weighted by Gasteiger charge is 1.98. The summed E-state index contributed by atoms with van der Waals surface area (Å²) in [5.41, 5.74) is 3.01. The molecule has 4 nitrogen and oxygen atoms in total. The number of hydrogen-bond donors (Lipinski definition) is 0. The van der Waals surface area contributed by atoms with Crippen LogP contribution in [0.1, 0.15) is 20.8 Å². The van der Waals surface area contributed by atoms with Gasteiger partial charge in [0.2, 0.25) is 0 Å². The van der Waals surface area contributed by atoms with Crippen molar-refractivity contribution >= 4 is 22.9 Å². The maximum absolute atomic E-state index is 4.34. The number of rotatable bonds is 4. The van der Waals surface area contributed by atoms with E-state index in [0.29, 0.717) is 5.92 Å². The topological polar surface area (TPSA) is 43.1 Å².